The fraction of sp³-hybridized carbons (Fsp3) is 0.167. The number of carbonyl (C=O) groups excluding carboxylic acids is 1. The van der Waals surface area contributed by atoms with Crippen LogP contribution in [0, 0.1) is 5.82 Å². The summed E-state index contributed by atoms with van der Waals surface area (Å²) in [6.45, 7) is 2.26. The Balaban J connectivity index is 1.83. The quantitative estimate of drug-likeness (QED) is 0.245. The first kappa shape index (κ1) is 22.8. The first-order valence-electron chi connectivity index (χ1n) is 10.1. The molecule has 0 radical (unpaired) electrons. The number of aromatic nitrogens is 2. The summed E-state index contributed by atoms with van der Waals surface area (Å²) in [6.07, 6.45) is 0.807. The standard InChI is InChI=1S/C24H19FN2O4S2/c1-2-8-31-21-6-4-16(11-18(21)25)23(28)17(10-14-7-9-32-13-14)22(24(29)30)15-3-5-19-20(12-15)27-33-26-19/h3-7,9,11-13H,2,8,10H2,1H3,(H,29,30). The van der Waals surface area contributed by atoms with Gasteiger partial charge in [-0.1, -0.05) is 13.0 Å². The van der Waals surface area contributed by atoms with Crippen LogP contribution in [-0.4, -0.2) is 32.2 Å². The Bertz CT molecular complexity index is 1350. The monoisotopic (exact) mass is 482 g/mol. The number of thiophene rings is 1. The number of halogens is 1. The van der Waals surface area contributed by atoms with Gasteiger partial charge in [-0.25, -0.2) is 9.18 Å². The van der Waals surface area contributed by atoms with Crippen LogP contribution in [0.15, 0.2) is 58.8 Å². The summed E-state index contributed by atoms with van der Waals surface area (Å²) in [5, 5.41) is 13.8. The summed E-state index contributed by atoms with van der Waals surface area (Å²) in [7, 11) is 0. The Kier molecular flexibility index (Phi) is 6.90. The average Bonchev–Trinajstić information content (AvgIpc) is 3.48. The highest BCUT2D eigenvalue weighted by Crippen LogP contribution is 2.29. The summed E-state index contributed by atoms with van der Waals surface area (Å²) in [5.41, 5.74) is 2.28. The van der Waals surface area contributed by atoms with Gasteiger partial charge < -0.3 is 9.84 Å². The number of carboxylic acids is 1. The van der Waals surface area contributed by atoms with Gasteiger partial charge in [-0.05, 0) is 64.7 Å². The number of fused-ring (bicyclic) bond motifs is 1. The third-order valence-corrected chi connectivity index (χ3v) is 6.24. The van der Waals surface area contributed by atoms with Crippen molar-refractivity contribution in [2.75, 3.05) is 6.61 Å². The minimum atomic E-state index is -1.25. The van der Waals surface area contributed by atoms with E-state index in [4.69, 9.17) is 4.74 Å². The summed E-state index contributed by atoms with van der Waals surface area (Å²) >= 11 is 2.47. The van der Waals surface area contributed by atoms with Crippen LogP contribution in [-0.2, 0) is 11.2 Å². The van der Waals surface area contributed by atoms with Crippen LogP contribution in [0.2, 0.25) is 0 Å². The molecule has 0 spiro atoms. The molecule has 0 saturated carbocycles. The molecule has 0 saturated heterocycles. The van der Waals surface area contributed by atoms with Crippen LogP contribution in [0.4, 0.5) is 4.39 Å². The number of aliphatic carboxylic acids is 1. The maximum absolute atomic E-state index is 14.6. The van der Waals surface area contributed by atoms with Gasteiger partial charge in [0.1, 0.15) is 11.0 Å². The molecule has 0 aliphatic rings. The van der Waals surface area contributed by atoms with E-state index in [9.17, 15) is 19.1 Å². The molecule has 0 fully saturated rings. The number of rotatable bonds is 9. The molecular weight excluding hydrogens is 463 g/mol. The highest BCUT2D eigenvalue weighted by Gasteiger charge is 2.25. The number of nitrogens with zero attached hydrogens (tertiary/aromatic N) is 2. The van der Waals surface area contributed by atoms with E-state index in [-0.39, 0.29) is 28.9 Å². The predicted molar refractivity (Wildman–Crippen MR) is 127 cm³/mol. The number of Topliss-reactive ketones (excluding diaryl/α,β-unsaturated/α-hetero) is 1. The largest absolute Gasteiger partial charge is 0.491 e. The third-order valence-electron chi connectivity index (χ3n) is 4.95. The molecule has 0 amide bonds. The van der Waals surface area contributed by atoms with Crippen LogP contribution in [0.3, 0.4) is 0 Å². The van der Waals surface area contributed by atoms with E-state index in [1.165, 1.54) is 23.5 Å². The number of ketones is 1. The number of carbonyl (C=O) groups is 2. The lowest BCUT2D eigenvalue weighted by Gasteiger charge is -2.13. The lowest BCUT2D eigenvalue weighted by atomic mass is 9.90. The van der Waals surface area contributed by atoms with Crippen molar-refractivity contribution in [2.24, 2.45) is 0 Å². The van der Waals surface area contributed by atoms with Crippen LogP contribution >= 0.6 is 23.1 Å². The van der Waals surface area contributed by atoms with Crippen molar-refractivity contribution in [2.45, 2.75) is 19.8 Å². The molecule has 6 nitrogen and oxygen atoms in total. The molecule has 2 aromatic carbocycles. The highest BCUT2D eigenvalue weighted by molar-refractivity contribution is 7.08. The van der Waals surface area contributed by atoms with Crippen molar-refractivity contribution < 1.29 is 23.8 Å². The van der Waals surface area contributed by atoms with Crippen LogP contribution in [0.25, 0.3) is 16.6 Å². The van der Waals surface area contributed by atoms with Gasteiger partial charge in [-0.3, -0.25) is 4.79 Å². The second kappa shape index (κ2) is 10.0. The van der Waals surface area contributed by atoms with Crippen molar-refractivity contribution in [3.63, 3.8) is 0 Å². The van der Waals surface area contributed by atoms with Crippen molar-refractivity contribution in [1.82, 2.24) is 8.75 Å². The van der Waals surface area contributed by atoms with Crippen molar-refractivity contribution in [3.05, 3.63) is 81.3 Å². The summed E-state index contributed by atoms with van der Waals surface area (Å²) in [5.74, 6) is -2.43. The Morgan fingerprint density at radius 1 is 1.06 bits per heavy atom. The SMILES string of the molecule is CCCOc1ccc(C(=O)C(Cc2ccsc2)=C(C(=O)O)c2ccc3nsnc3c2)cc1F. The molecular formula is C24H19FN2O4S2. The molecule has 33 heavy (non-hydrogen) atoms. The van der Waals surface area contributed by atoms with Gasteiger partial charge in [0.05, 0.1) is 23.9 Å². The molecule has 168 valence electrons. The number of benzene rings is 2. The maximum Gasteiger partial charge on any atom is 0.336 e. The van der Waals surface area contributed by atoms with Gasteiger partial charge in [0.25, 0.3) is 0 Å². The van der Waals surface area contributed by atoms with Gasteiger partial charge in [0.15, 0.2) is 17.3 Å². The lowest BCUT2D eigenvalue weighted by molar-refractivity contribution is -0.130. The first-order chi connectivity index (χ1) is 16.0. The van der Waals surface area contributed by atoms with Crippen LogP contribution in [0.5, 0.6) is 5.75 Å². The molecule has 4 rings (SSSR count). The van der Waals surface area contributed by atoms with Gasteiger partial charge in [-0.15, -0.1) is 0 Å². The first-order valence-corrected chi connectivity index (χ1v) is 11.8. The molecule has 0 aliphatic carbocycles. The molecule has 0 unspecified atom stereocenters. The molecule has 0 bridgehead atoms. The molecule has 2 heterocycles. The summed E-state index contributed by atoms with van der Waals surface area (Å²) < 4.78 is 28.2. The number of carboxylic acid groups (broad SMARTS) is 1. The Morgan fingerprint density at radius 3 is 2.55 bits per heavy atom. The minimum Gasteiger partial charge on any atom is -0.491 e. The predicted octanol–water partition coefficient (Wildman–Crippen LogP) is 5.64. The van der Waals surface area contributed by atoms with E-state index >= 15 is 0 Å². The van der Waals surface area contributed by atoms with Crippen LogP contribution in [0.1, 0.15) is 34.8 Å². The zero-order valence-electron chi connectivity index (χ0n) is 17.6. The van der Waals surface area contributed by atoms with E-state index in [1.807, 2.05) is 23.8 Å². The zero-order chi connectivity index (χ0) is 23.4. The molecule has 0 atom stereocenters. The fourth-order valence-corrected chi connectivity index (χ4v) is 4.58. The molecule has 1 N–H and O–H groups in total. The Hall–Kier alpha value is -3.43. The second-order valence-corrected chi connectivity index (χ2v) is 8.57. The molecule has 4 aromatic rings. The van der Waals surface area contributed by atoms with Gasteiger partial charge >= 0.3 is 5.97 Å². The van der Waals surface area contributed by atoms with E-state index in [2.05, 4.69) is 8.75 Å². The van der Waals surface area contributed by atoms with E-state index in [0.29, 0.717) is 29.6 Å². The van der Waals surface area contributed by atoms with E-state index in [1.54, 1.807) is 18.2 Å². The van der Waals surface area contributed by atoms with Crippen molar-refractivity contribution >= 4 is 51.4 Å². The van der Waals surface area contributed by atoms with E-state index < -0.39 is 17.6 Å². The average molecular weight is 483 g/mol. The zero-order valence-corrected chi connectivity index (χ0v) is 19.2. The van der Waals surface area contributed by atoms with Crippen molar-refractivity contribution in [1.29, 1.82) is 0 Å². The van der Waals surface area contributed by atoms with Gasteiger partial charge in [0, 0.05) is 17.6 Å². The summed E-state index contributed by atoms with van der Waals surface area (Å²) in [6, 6.07) is 10.7. The van der Waals surface area contributed by atoms with Gasteiger partial charge in [0.2, 0.25) is 0 Å². The summed E-state index contributed by atoms with van der Waals surface area (Å²) in [4.78, 5) is 25.9. The van der Waals surface area contributed by atoms with E-state index in [0.717, 1.165) is 23.4 Å². The topological polar surface area (TPSA) is 89.4 Å². The smallest absolute Gasteiger partial charge is 0.336 e. The van der Waals surface area contributed by atoms with Gasteiger partial charge in [-0.2, -0.15) is 20.1 Å². The highest BCUT2D eigenvalue weighted by atomic mass is 32.1. The molecule has 9 heteroatoms. The maximum atomic E-state index is 14.6. The lowest BCUT2D eigenvalue weighted by Crippen LogP contribution is -2.14. The third kappa shape index (κ3) is 4.99. The number of ether oxygens (including phenoxy) is 1. The molecule has 0 aliphatic heterocycles. The molecule has 2 aromatic heterocycles. The second-order valence-electron chi connectivity index (χ2n) is 7.26. The fourth-order valence-electron chi connectivity index (χ4n) is 3.39. The normalized spacial score (nSPS) is 11.9. The minimum absolute atomic E-state index is 0.0525. The van der Waals surface area contributed by atoms with Crippen molar-refractivity contribution in [3.8, 4) is 5.75 Å². The number of hydrogen-bond acceptors (Lipinski definition) is 7. The Morgan fingerprint density at radius 2 is 1.85 bits per heavy atom. The number of hydrogen-bond donors (Lipinski definition) is 1. The Labute approximate surface area is 197 Å². The number of allylic oxidation sites excluding steroid dienone is 1. The van der Waals surface area contributed by atoms with Crippen LogP contribution < -0.4 is 4.74 Å².